The van der Waals surface area contributed by atoms with Gasteiger partial charge in [-0.25, -0.2) is 4.68 Å². The lowest BCUT2D eigenvalue weighted by Gasteiger charge is -2.17. The monoisotopic (exact) mass is 240 g/mol. The third-order valence-electron chi connectivity index (χ3n) is 2.88. The van der Waals surface area contributed by atoms with Crippen molar-refractivity contribution in [3.63, 3.8) is 0 Å². The van der Waals surface area contributed by atoms with Crippen LogP contribution in [0.25, 0.3) is 0 Å². The van der Waals surface area contributed by atoms with Gasteiger partial charge in [-0.05, 0) is 19.9 Å². The van der Waals surface area contributed by atoms with Crippen LogP contribution in [-0.4, -0.2) is 35.8 Å². The molecule has 0 spiro atoms. The summed E-state index contributed by atoms with van der Waals surface area (Å²) in [5.74, 6) is 0. The van der Waals surface area contributed by atoms with Gasteiger partial charge in [0.15, 0.2) is 0 Å². The zero-order chi connectivity index (χ0) is 12.7. The first-order valence-corrected chi connectivity index (χ1v) is 6.34. The van der Waals surface area contributed by atoms with E-state index in [2.05, 4.69) is 29.5 Å². The van der Waals surface area contributed by atoms with Gasteiger partial charge in [-0.2, -0.15) is 0 Å². The van der Waals surface area contributed by atoms with Crippen molar-refractivity contribution in [2.24, 2.45) is 0 Å². The van der Waals surface area contributed by atoms with Crippen molar-refractivity contribution < 1.29 is 4.74 Å². The predicted octanol–water partition coefficient (Wildman–Crippen LogP) is 1.55. The first kappa shape index (κ1) is 14.1. The molecule has 0 bridgehead atoms. The minimum atomic E-state index is 0.291. The average Bonchev–Trinajstić information content (AvgIpc) is 2.71. The molecule has 5 heteroatoms. The fourth-order valence-corrected chi connectivity index (χ4v) is 1.99. The van der Waals surface area contributed by atoms with Crippen molar-refractivity contribution in [3.8, 4) is 0 Å². The van der Waals surface area contributed by atoms with Gasteiger partial charge in [0.05, 0.1) is 24.0 Å². The molecule has 1 atom stereocenters. The Morgan fingerprint density at radius 3 is 2.71 bits per heavy atom. The number of nitrogens with zero attached hydrogens (tertiary/aromatic N) is 3. The Bertz CT molecular complexity index is 324. The van der Waals surface area contributed by atoms with Crippen molar-refractivity contribution in [1.82, 2.24) is 20.3 Å². The molecule has 0 amide bonds. The van der Waals surface area contributed by atoms with E-state index >= 15 is 0 Å². The van der Waals surface area contributed by atoms with Crippen molar-refractivity contribution in [1.29, 1.82) is 0 Å². The number of hydrogen-bond donors (Lipinski definition) is 1. The molecule has 0 aliphatic carbocycles. The molecular weight excluding hydrogens is 216 g/mol. The molecule has 17 heavy (non-hydrogen) atoms. The van der Waals surface area contributed by atoms with E-state index in [1.54, 1.807) is 7.11 Å². The quantitative estimate of drug-likeness (QED) is 0.749. The number of methoxy groups -OCH3 is 1. The van der Waals surface area contributed by atoms with Crippen molar-refractivity contribution >= 4 is 0 Å². The summed E-state index contributed by atoms with van der Waals surface area (Å²) < 4.78 is 7.29. The van der Waals surface area contributed by atoms with E-state index in [0.29, 0.717) is 12.6 Å². The van der Waals surface area contributed by atoms with Crippen molar-refractivity contribution in [2.45, 2.75) is 45.7 Å². The maximum atomic E-state index is 5.25. The van der Waals surface area contributed by atoms with E-state index in [1.807, 2.05) is 11.7 Å². The molecule has 0 aliphatic heterocycles. The highest BCUT2D eigenvalue weighted by molar-refractivity contribution is 5.11. The molecule has 98 valence electrons. The molecule has 0 saturated heterocycles. The highest BCUT2D eigenvalue weighted by atomic mass is 16.5. The van der Waals surface area contributed by atoms with E-state index in [-0.39, 0.29) is 0 Å². The third-order valence-corrected chi connectivity index (χ3v) is 2.88. The summed E-state index contributed by atoms with van der Waals surface area (Å²) in [5.41, 5.74) is 2.30. The second kappa shape index (κ2) is 7.40. The summed E-state index contributed by atoms with van der Waals surface area (Å²) in [4.78, 5) is 0. The first-order valence-electron chi connectivity index (χ1n) is 6.34. The molecule has 1 rings (SSSR count). The van der Waals surface area contributed by atoms with Gasteiger partial charge in [-0.3, -0.25) is 0 Å². The lowest BCUT2D eigenvalue weighted by molar-refractivity contribution is 0.144. The lowest BCUT2D eigenvalue weighted by Crippen LogP contribution is -2.18. The predicted molar refractivity (Wildman–Crippen MR) is 68.0 cm³/mol. The summed E-state index contributed by atoms with van der Waals surface area (Å²) in [5, 5.41) is 11.7. The molecule has 0 radical (unpaired) electrons. The van der Waals surface area contributed by atoms with Gasteiger partial charge in [0.25, 0.3) is 0 Å². The van der Waals surface area contributed by atoms with Gasteiger partial charge in [0, 0.05) is 13.7 Å². The minimum Gasteiger partial charge on any atom is -0.382 e. The Hall–Kier alpha value is -0.940. The van der Waals surface area contributed by atoms with Crippen LogP contribution < -0.4 is 5.32 Å². The summed E-state index contributed by atoms with van der Waals surface area (Å²) in [6.45, 7) is 5.80. The number of nitrogens with one attached hydrogen (secondary N) is 1. The zero-order valence-electron chi connectivity index (χ0n) is 11.4. The number of hydrogen-bond acceptors (Lipinski definition) is 4. The largest absolute Gasteiger partial charge is 0.382 e. The highest BCUT2D eigenvalue weighted by Gasteiger charge is 2.17. The fourth-order valence-electron chi connectivity index (χ4n) is 1.99. The van der Waals surface area contributed by atoms with Crippen LogP contribution in [0.15, 0.2) is 0 Å². The molecule has 1 aromatic rings. The normalized spacial score (nSPS) is 12.9. The maximum Gasteiger partial charge on any atom is 0.0996 e. The summed E-state index contributed by atoms with van der Waals surface area (Å²) >= 11 is 0. The van der Waals surface area contributed by atoms with Crippen LogP contribution in [0.2, 0.25) is 0 Å². The Morgan fingerprint density at radius 1 is 1.41 bits per heavy atom. The molecule has 0 saturated carbocycles. The van der Waals surface area contributed by atoms with Gasteiger partial charge < -0.3 is 10.1 Å². The molecule has 1 aromatic heterocycles. The van der Waals surface area contributed by atoms with Gasteiger partial charge in [-0.15, -0.1) is 5.10 Å². The molecule has 1 N–H and O–H groups in total. The number of ether oxygens (including phenoxy) is 1. The van der Waals surface area contributed by atoms with Crippen LogP contribution in [0.4, 0.5) is 0 Å². The average molecular weight is 240 g/mol. The highest BCUT2D eigenvalue weighted by Crippen LogP contribution is 2.17. The second-order valence-electron chi connectivity index (χ2n) is 4.23. The van der Waals surface area contributed by atoms with Gasteiger partial charge in [-0.1, -0.05) is 25.5 Å². The smallest absolute Gasteiger partial charge is 0.0996 e. The minimum absolute atomic E-state index is 0.291. The molecule has 5 nitrogen and oxygen atoms in total. The first-order chi connectivity index (χ1) is 8.28. The zero-order valence-corrected chi connectivity index (χ0v) is 11.4. The number of rotatable bonds is 8. The lowest BCUT2D eigenvalue weighted by atomic mass is 10.1. The van der Waals surface area contributed by atoms with Gasteiger partial charge in [0.1, 0.15) is 0 Å². The van der Waals surface area contributed by atoms with Crippen LogP contribution in [0.3, 0.4) is 0 Å². The van der Waals surface area contributed by atoms with Crippen LogP contribution in [-0.2, 0) is 17.7 Å². The standard InChI is InChI=1S/C12H24N4O/c1-5-7-12-11(8-13-3)14-15-16(12)10(6-2)9-17-4/h10,13H,5-9H2,1-4H3. The molecular formula is C12H24N4O. The van der Waals surface area contributed by atoms with E-state index in [4.69, 9.17) is 4.74 Å². The number of aromatic nitrogens is 3. The van der Waals surface area contributed by atoms with Crippen molar-refractivity contribution in [3.05, 3.63) is 11.4 Å². The van der Waals surface area contributed by atoms with Crippen LogP contribution in [0.1, 0.15) is 44.1 Å². The van der Waals surface area contributed by atoms with Crippen LogP contribution in [0.5, 0.6) is 0 Å². The third kappa shape index (κ3) is 3.51. The van der Waals surface area contributed by atoms with Gasteiger partial charge in [0.2, 0.25) is 0 Å². The topological polar surface area (TPSA) is 52.0 Å². The molecule has 1 unspecified atom stereocenters. The Kier molecular flexibility index (Phi) is 6.15. The molecule has 0 fully saturated rings. The Labute approximate surface area is 104 Å². The molecule has 1 heterocycles. The summed E-state index contributed by atoms with van der Waals surface area (Å²) in [7, 11) is 3.66. The summed E-state index contributed by atoms with van der Waals surface area (Å²) in [6.07, 6.45) is 3.13. The fraction of sp³-hybridized carbons (Fsp3) is 0.833. The second-order valence-corrected chi connectivity index (χ2v) is 4.23. The van der Waals surface area contributed by atoms with Crippen LogP contribution >= 0.6 is 0 Å². The van der Waals surface area contributed by atoms with E-state index in [0.717, 1.165) is 31.5 Å². The molecule has 0 aliphatic rings. The Morgan fingerprint density at radius 2 is 2.18 bits per heavy atom. The van der Waals surface area contributed by atoms with Crippen molar-refractivity contribution in [2.75, 3.05) is 20.8 Å². The van der Waals surface area contributed by atoms with E-state index in [9.17, 15) is 0 Å². The molecule has 0 aromatic carbocycles. The SMILES string of the molecule is CCCc1c(CNC)nnn1C(CC)COC. The summed E-state index contributed by atoms with van der Waals surface area (Å²) in [6, 6.07) is 0.291. The Balaban J connectivity index is 2.95. The van der Waals surface area contributed by atoms with E-state index in [1.165, 1.54) is 5.69 Å². The van der Waals surface area contributed by atoms with E-state index < -0.39 is 0 Å². The van der Waals surface area contributed by atoms with Crippen LogP contribution in [0, 0.1) is 0 Å². The maximum absolute atomic E-state index is 5.25. The van der Waals surface area contributed by atoms with Gasteiger partial charge >= 0.3 is 0 Å².